The highest BCUT2D eigenvalue weighted by Crippen LogP contribution is 2.21. The van der Waals surface area contributed by atoms with Crippen molar-refractivity contribution in [3.8, 4) is 5.75 Å². The van der Waals surface area contributed by atoms with E-state index in [1.807, 2.05) is 25.1 Å². The Morgan fingerprint density at radius 1 is 1.50 bits per heavy atom. The van der Waals surface area contributed by atoms with Crippen molar-refractivity contribution in [3.05, 3.63) is 23.8 Å². The summed E-state index contributed by atoms with van der Waals surface area (Å²) in [7, 11) is 1.62. The fourth-order valence-electron chi connectivity index (χ4n) is 1.37. The largest absolute Gasteiger partial charge is 0.496 e. The van der Waals surface area contributed by atoms with Gasteiger partial charge in [-0.2, -0.15) is 0 Å². The lowest BCUT2D eigenvalue weighted by Crippen LogP contribution is -2.22. The lowest BCUT2D eigenvalue weighted by Gasteiger charge is -2.10. The molecule has 0 aliphatic carbocycles. The molecule has 0 unspecified atom stereocenters. The van der Waals surface area contributed by atoms with Crippen LogP contribution >= 0.6 is 0 Å². The Morgan fingerprint density at radius 3 is 2.81 bits per heavy atom. The molecule has 0 radical (unpaired) electrons. The normalized spacial score (nSPS) is 11.3. The van der Waals surface area contributed by atoms with E-state index in [4.69, 9.17) is 16.2 Å². The molecule has 0 aliphatic heterocycles. The van der Waals surface area contributed by atoms with Crippen LogP contribution in [0.15, 0.2) is 23.2 Å². The number of nitrogens with two attached hydrogens (primary N) is 2. The van der Waals surface area contributed by atoms with Crippen molar-refractivity contribution in [2.24, 2.45) is 16.5 Å². The molecule has 0 bridgehead atoms. The van der Waals surface area contributed by atoms with E-state index in [1.165, 1.54) is 0 Å². The summed E-state index contributed by atoms with van der Waals surface area (Å²) in [6.45, 7) is 3.00. The first-order valence-corrected chi connectivity index (χ1v) is 5.15. The molecule has 0 saturated carbocycles. The topological polar surface area (TPSA) is 85.7 Å². The first kappa shape index (κ1) is 12.3. The van der Waals surface area contributed by atoms with Gasteiger partial charge in [-0.05, 0) is 25.1 Å². The Balaban J connectivity index is 2.87. The third-order valence-electron chi connectivity index (χ3n) is 2.10. The van der Waals surface area contributed by atoms with Crippen molar-refractivity contribution >= 4 is 11.6 Å². The Kier molecular flexibility index (Phi) is 4.60. The predicted octanol–water partition coefficient (Wildman–Crippen LogP) is 0.900. The molecule has 5 heteroatoms. The van der Waals surface area contributed by atoms with Crippen LogP contribution in [0.2, 0.25) is 0 Å². The molecule has 0 atom stereocenters. The molecule has 0 spiro atoms. The van der Waals surface area contributed by atoms with Crippen molar-refractivity contribution in [3.63, 3.8) is 0 Å². The first-order valence-electron chi connectivity index (χ1n) is 5.15. The number of methoxy groups -OCH3 is 1. The fourth-order valence-corrected chi connectivity index (χ4v) is 1.37. The molecule has 1 aromatic rings. The number of anilines is 1. The predicted molar refractivity (Wildman–Crippen MR) is 66.7 cm³/mol. The summed E-state index contributed by atoms with van der Waals surface area (Å²) in [5.41, 5.74) is 13.1. The molecule has 0 saturated heterocycles. The van der Waals surface area contributed by atoms with Crippen LogP contribution in [0.25, 0.3) is 0 Å². The second-order valence-corrected chi connectivity index (χ2v) is 3.22. The minimum atomic E-state index is 0.399. The maximum Gasteiger partial charge on any atom is 0.193 e. The van der Waals surface area contributed by atoms with Crippen LogP contribution in [-0.4, -0.2) is 19.6 Å². The summed E-state index contributed by atoms with van der Waals surface area (Å²) in [6.07, 6.45) is 0. The van der Waals surface area contributed by atoms with Crippen molar-refractivity contribution < 1.29 is 4.74 Å². The average Bonchev–Trinajstić information content (AvgIpc) is 2.29. The second kappa shape index (κ2) is 5.97. The number of aliphatic imine (C=N–C) groups is 1. The van der Waals surface area contributed by atoms with Crippen molar-refractivity contribution in [1.29, 1.82) is 0 Å². The van der Waals surface area contributed by atoms with Gasteiger partial charge < -0.3 is 21.5 Å². The smallest absolute Gasteiger partial charge is 0.193 e. The third-order valence-corrected chi connectivity index (χ3v) is 2.10. The van der Waals surface area contributed by atoms with Gasteiger partial charge in [-0.1, -0.05) is 0 Å². The van der Waals surface area contributed by atoms with Crippen molar-refractivity contribution in [1.82, 2.24) is 0 Å². The monoisotopic (exact) mass is 222 g/mol. The molecule has 5 N–H and O–H groups in total. The molecule has 0 aromatic heterocycles. The maximum absolute atomic E-state index is 5.65. The minimum absolute atomic E-state index is 0.399. The second-order valence-electron chi connectivity index (χ2n) is 3.22. The van der Waals surface area contributed by atoms with Gasteiger partial charge in [0.15, 0.2) is 5.96 Å². The lowest BCUT2D eigenvalue weighted by molar-refractivity contribution is 0.410. The molecule has 88 valence electrons. The highest BCUT2D eigenvalue weighted by Gasteiger charge is 2.03. The maximum atomic E-state index is 5.65. The van der Waals surface area contributed by atoms with Gasteiger partial charge in [0.05, 0.1) is 7.11 Å². The Hall–Kier alpha value is -1.75. The van der Waals surface area contributed by atoms with Crippen LogP contribution in [0.5, 0.6) is 5.75 Å². The average molecular weight is 222 g/mol. The number of guanidine groups is 1. The van der Waals surface area contributed by atoms with Crippen LogP contribution < -0.4 is 21.5 Å². The van der Waals surface area contributed by atoms with Crippen LogP contribution in [0.1, 0.15) is 12.5 Å². The summed E-state index contributed by atoms with van der Waals surface area (Å²) < 4.78 is 5.17. The van der Waals surface area contributed by atoms with Gasteiger partial charge in [0.1, 0.15) is 5.75 Å². The zero-order chi connectivity index (χ0) is 12.0. The van der Waals surface area contributed by atoms with E-state index in [2.05, 4.69) is 10.3 Å². The summed E-state index contributed by atoms with van der Waals surface area (Å²) in [4.78, 5) is 4.04. The molecule has 0 heterocycles. The lowest BCUT2D eigenvalue weighted by atomic mass is 10.2. The third kappa shape index (κ3) is 3.13. The number of ether oxygens (including phenoxy) is 1. The van der Waals surface area contributed by atoms with Gasteiger partial charge in [-0.25, -0.2) is 0 Å². The molecule has 16 heavy (non-hydrogen) atoms. The SMILES string of the molecule is CCN=C(N)Nc1ccc(OC)c(CN)c1. The zero-order valence-electron chi connectivity index (χ0n) is 9.66. The fraction of sp³-hybridized carbons (Fsp3) is 0.364. The van der Waals surface area contributed by atoms with Crippen LogP contribution in [0.3, 0.4) is 0 Å². The van der Waals surface area contributed by atoms with E-state index in [0.29, 0.717) is 19.0 Å². The molecule has 0 aliphatic rings. The van der Waals surface area contributed by atoms with Gasteiger partial charge in [0.25, 0.3) is 0 Å². The molecule has 5 nitrogen and oxygen atoms in total. The molecule has 0 amide bonds. The Labute approximate surface area is 95.5 Å². The van der Waals surface area contributed by atoms with Crippen LogP contribution in [0.4, 0.5) is 5.69 Å². The number of hydrogen-bond donors (Lipinski definition) is 3. The Morgan fingerprint density at radius 2 is 2.25 bits per heavy atom. The zero-order valence-corrected chi connectivity index (χ0v) is 9.66. The molecular weight excluding hydrogens is 204 g/mol. The number of rotatable bonds is 4. The van der Waals surface area contributed by atoms with E-state index >= 15 is 0 Å². The van der Waals surface area contributed by atoms with Gasteiger partial charge in [-0.3, -0.25) is 4.99 Å². The van der Waals surface area contributed by atoms with Gasteiger partial charge >= 0.3 is 0 Å². The van der Waals surface area contributed by atoms with Crippen molar-refractivity contribution in [2.75, 3.05) is 19.0 Å². The number of benzene rings is 1. The molecule has 1 aromatic carbocycles. The van der Waals surface area contributed by atoms with E-state index in [1.54, 1.807) is 7.11 Å². The van der Waals surface area contributed by atoms with E-state index in [9.17, 15) is 0 Å². The Bertz CT molecular complexity index is 376. The quantitative estimate of drug-likeness (QED) is 0.522. The number of nitrogens with one attached hydrogen (secondary N) is 1. The van der Waals surface area contributed by atoms with Gasteiger partial charge in [-0.15, -0.1) is 0 Å². The first-order chi connectivity index (χ1) is 7.71. The molecular formula is C11H18N4O. The van der Waals surface area contributed by atoms with Crippen molar-refractivity contribution in [2.45, 2.75) is 13.5 Å². The van der Waals surface area contributed by atoms with Gasteiger partial charge in [0, 0.05) is 24.3 Å². The minimum Gasteiger partial charge on any atom is -0.496 e. The standard InChI is InChI=1S/C11H18N4O/c1-3-14-11(13)15-9-4-5-10(16-2)8(6-9)7-12/h4-6H,3,7,12H2,1-2H3,(H3,13,14,15). The molecule has 1 rings (SSSR count). The van der Waals surface area contributed by atoms with Crippen LogP contribution in [0, 0.1) is 0 Å². The highest BCUT2D eigenvalue weighted by molar-refractivity contribution is 5.92. The highest BCUT2D eigenvalue weighted by atomic mass is 16.5. The summed E-state index contributed by atoms with van der Waals surface area (Å²) >= 11 is 0. The van der Waals surface area contributed by atoms with E-state index < -0.39 is 0 Å². The number of nitrogens with zero attached hydrogens (tertiary/aromatic N) is 1. The van der Waals surface area contributed by atoms with Gasteiger partial charge in [0.2, 0.25) is 0 Å². The summed E-state index contributed by atoms with van der Waals surface area (Å²) in [6, 6.07) is 5.62. The van der Waals surface area contributed by atoms with Crippen LogP contribution in [-0.2, 0) is 6.54 Å². The number of hydrogen-bond acceptors (Lipinski definition) is 3. The van der Waals surface area contributed by atoms with E-state index in [0.717, 1.165) is 17.0 Å². The summed E-state index contributed by atoms with van der Waals surface area (Å²) in [5.74, 6) is 1.18. The molecule has 0 fully saturated rings. The van der Waals surface area contributed by atoms with E-state index in [-0.39, 0.29) is 0 Å². The summed E-state index contributed by atoms with van der Waals surface area (Å²) in [5, 5.41) is 2.99.